The Hall–Kier alpha value is -1.46. The van der Waals surface area contributed by atoms with Crippen molar-refractivity contribution in [1.82, 2.24) is 5.32 Å². The molecule has 0 amide bonds. The predicted octanol–water partition coefficient (Wildman–Crippen LogP) is 1.96. The van der Waals surface area contributed by atoms with E-state index in [1.807, 2.05) is 12.1 Å². The van der Waals surface area contributed by atoms with Crippen molar-refractivity contribution in [3.8, 4) is 17.2 Å². The van der Waals surface area contributed by atoms with Crippen molar-refractivity contribution >= 4 is 0 Å². The Morgan fingerprint density at radius 2 is 1.71 bits per heavy atom. The fraction of sp³-hybridized carbons (Fsp3) is 0.625. The minimum atomic E-state index is 0.270. The molecule has 0 bridgehead atoms. The molecule has 0 atom stereocenters. The molecule has 2 N–H and O–H groups in total. The van der Waals surface area contributed by atoms with E-state index in [-0.39, 0.29) is 6.61 Å². The Morgan fingerprint density at radius 3 is 2.14 bits per heavy atom. The molecule has 1 saturated carbocycles. The Labute approximate surface area is 126 Å². The highest BCUT2D eigenvalue weighted by Crippen LogP contribution is 2.48. The average molecular weight is 295 g/mol. The van der Waals surface area contributed by atoms with E-state index >= 15 is 0 Å². The van der Waals surface area contributed by atoms with E-state index < -0.39 is 0 Å². The van der Waals surface area contributed by atoms with Crippen molar-refractivity contribution in [2.75, 3.05) is 34.5 Å². The molecular formula is C16H25NO4. The zero-order valence-corrected chi connectivity index (χ0v) is 13.1. The second kappa shape index (κ2) is 7.00. The highest BCUT2D eigenvalue weighted by molar-refractivity contribution is 5.53. The van der Waals surface area contributed by atoms with Crippen LogP contribution in [0.2, 0.25) is 0 Å². The van der Waals surface area contributed by atoms with E-state index in [9.17, 15) is 0 Å². The number of ether oxygens (including phenoxy) is 3. The number of nitrogens with one attached hydrogen (secondary N) is 1. The summed E-state index contributed by atoms with van der Waals surface area (Å²) >= 11 is 0. The average Bonchev–Trinajstić information content (AvgIpc) is 3.26. The Balaban J connectivity index is 2.00. The van der Waals surface area contributed by atoms with Gasteiger partial charge in [0.25, 0.3) is 0 Å². The summed E-state index contributed by atoms with van der Waals surface area (Å²) < 4.78 is 16.0. The number of benzene rings is 1. The van der Waals surface area contributed by atoms with Crippen LogP contribution < -0.4 is 19.5 Å². The Kier molecular flexibility index (Phi) is 5.31. The lowest BCUT2D eigenvalue weighted by Gasteiger charge is -2.17. The van der Waals surface area contributed by atoms with Crippen LogP contribution in [0.5, 0.6) is 17.2 Å². The molecule has 0 spiro atoms. The van der Waals surface area contributed by atoms with E-state index in [4.69, 9.17) is 19.3 Å². The van der Waals surface area contributed by atoms with Gasteiger partial charge in [-0.1, -0.05) is 0 Å². The molecule has 0 aromatic heterocycles. The number of aliphatic hydroxyl groups is 1. The van der Waals surface area contributed by atoms with E-state index in [1.54, 1.807) is 21.3 Å². The minimum Gasteiger partial charge on any atom is -0.493 e. The minimum absolute atomic E-state index is 0.270. The SMILES string of the molecule is COc1cc(CNCC2(CCO)CC2)cc(OC)c1OC. The van der Waals surface area contributed by atoms with Crippen LogP contribution in [0.15, 0.2) is 12.1 Å². The van der Waals surface area contributed by atoms with Crippen molar-refractivity contribution < 1.29 is 19.3 Å². The number of methoxy groups -OCH3 is 3. The van der Waals surface area contributed by atoms with Crippen molar-refractivity contribution in [1.29, 1.82) is 0 Å². The highest BCUT2D eigenvalue weighted by atomic mass is 16.5. The molecule has 0 saturated heterocycles. The first-order chi connectivity index (χ1) is 10.2. The number of hydrogen-bond acceptors (Lipinski definition) is 5. The van der Waals surface area contributed by atoms with Gasteiger partial charge in [-0.25, -0.2) is 0 Å². The Morgan fingerprint density at radius 1 is 1.10 bits per heavy atom. The molecule has 2 rings (SSSR count). The molecule has 0 radical (unpaired) electrons. The van der Waals surface area contributed by atoms with Crippen molar-refractivity contribution in [3.63, 3.8) is 0 Å². The molecule has 118 valence electrons. The van der Waals surface area contributed by atoms with Gasteiger partial charge in [0.05, 0.1) is 21.3 Å². The van der Waals surface area contributed by atoms with Gasteiger partial charge in [-0.15, -0.1) is 0 Å². The van der Waals surface area contributed by atoms with Crippen molar-refractivity contribution in [3.05, 3.63) is 17.7 Å². The first kappa shape index (κ1) is 15.9. The summed E-state index contributed by atoms with van der Waals surface area (Å²) in [6.07, 6.45) is 3.29. The van der Waals surface area contributed by atoms with Gasteiger partial charge in [-0.05, 0) is 42.4 Å². The fourth-order valence-corrected chi connectivity index (χ4v) is 2.64. The molecule has 5 heteroatoms. The third-order valence-electron chi connectivity index (χ3n) is 4.15. The van der Waals surface area contributed by atoms with Gasteiger partial charge in [-0.2, -0.15) is 0 Å². The molecule has 1 aliphatic rings. The van der Waals surface area contributed by atoms with Crippen LogP contribution in [0.4, 0.5) is 0 Å². The monoisotopic (exact) mass is 295 g/mol. The van der Waals surface area contributed by atoms with Gasteiger partial charge in [0, 0.05) is 19.7 Å². The molecule has 5 nitrogen and oxygen atoms in total. The standard InChI is InChI=1S/C16H25NO4/c1-19-13-8-12(9-14(20-2)15(13)21-3)10-17-11-16(4-5-16)6-7-18/h8-9,17-18H,4-7,10-11H2,1-3H3. The van der Waals surface area contributed by atoms with E-state index in [2.05, 4.69) is 5.32 Å². The molecule has 1 aliphatic carbocycles. The molecule has 0 heterocycles. The lowest BCUT2D eigenvalue weighted by Crippen LogP contribution is -2.24. The molecule has 1 aromatic rings. The maximum atomic E-state index is 9.08. The molecule has 21 heavy (non-hydrogen) atoms. The summed E-state index contributed by atoms with van der Waals surface area (Å²) in [6, 6.07) is 3.92. The normalized spacial score (nSPS) is 15.6. The lowest BCUT2D eigenvalue weighted by molar-refractivity contribution is 0.245. The van der Waals surface area contributed by atoms with Gasteiger partial charge in [-0.3, -0.25) is 0 Å². The first-order valence-electron chi connectivity index (χ1n) is 7.28. The summed E-state index contributed by atoms with van der Waals surface area (Å²) in [5, 5.41) is 12.5. The number of rotatable bonds is 9. The molecular weight excluding hydrogens is 270 g/mol. The van der Waals surface area contributed by atoms with Crippen molar-refractivity contribution in [2.24, 2.45) is 5.41 Å². The smallest absolute Gasteiger partial charge is 0.203 e. The van der Waals surface area contributed by atoms with Crippen LogP contribution in [0.3, 0.4) is 0 Å². The third-order valence-corrected chi connectivity index (χ3v) is 4.15. The summed E-state index contributed by atoms with van der Waals surface area (Å²) in [5.74, 6) is 1.96. The highest BCUT2D eigenvalue weighted by Gasteiger charge is 2.41. The zero-order valence-electron chi connectivity index (χ0n) is 13.1. The van der Waals surface area contributed by atoms with Crippen molar-refractivity contribution in [2.45, 2.75) is 25.8 Å². The second-order valence-electron chi connectivity index (χ2n) is 5.61. The largest absolute Gasteiger partial charge is 0.493 e. The maximum absolute atomic E-state index is 9.08. The fourth-order valence-electron chi connectivity index (χ4n) is 2.64. The van der Waals surface area contributed by atoms with Crippen LogP contribution in [-0.2, 0) is 6.54 Å². The molecule has 0 unspecified atom stereocenters. The topological polar surface area (TPSA) is 60.0 Å². The van der Waals surface area contributed by atoms with Crippen LogP contribution >= 0.6 is 0 Å². The molecule has 1 aromatic carbocycles. The van der Waals surface area contributed by atoms with Gasteiger partial charge in [0.2, 0.25) is 5.75 Å². The predicted molar refractivity (Wildman–Crippen MR) is 81.2 cm³/mol. The van der Waals surface area contributed by atoms with E-state index in [0.717, 1.165) is 25.1 Å². The van der Waals surface area contributed by atoms with Gasteiger partial charge in [0.1, 0.15) is 0 Å². The first-order valence-corrected chi connectivity index (χ1v) is 7.28. The summed E-state index contributed by atoms with van der Waals surface area (Å²) in [7, 11) is 4.84. The zero-order chi connectivity index (χ0) is 15.3. The van der Waals surface area contributed by atoms with E-state index in [1.165, 1.54) is 12.8 Å². The lowest BCUT2D eigenvalue weighted by atomic mass is 10.0. The van der Waals surface area contributed by atoms with Crippen LogP contribution in [0.25, 0.3) is 0 Å². The molecule has 1 fully saturated rings. The Bertz CT molecular complexity index is 446. The van der Waals surface area contributed by atoms with Gasteiger partial charge in [0.15, 0.2) is 11.5 Å². The van der Waals surface area contributed by atoms with Crippen LogP contribution in [0, 0.1) is 5.41 Å². The quantitative estimate of drug-likeness (QED) is 0.729. The molecule has 0 aliphatic heterocycles. The van der Waals surface area contributed by atoms with Crippen LogP contribution in [0.1, 0.15) is 24.8 Å². The third kappa shape index (κ3) is 3.80. The maximum Gasteiger partial charge on any atom is 0.203 e. The summed E-state index contributed by atoms with van der Waals surface area (Å²) in [6.45, 7) is 1.94. The second-order valence-corrected chi connectivity index (χ2v) is 5.61. The summed E-state index contributed by atoms with van der Waals surface area (Å²) in [4.78, 5) is 0. The number of hydrogen-bond donors (Lipinski definition) is 2. The summed E-state index contributed by atoms with van der Waals surface area (Å²) in [5.41, 5.74) is 1.40. The van der Waals surface area contributed by atoms with Gasteiger partial charge < -0.3 is 24.6 Å². The van der Waals surface area contributed by atoms with Crippen LogP contribution in [-0.4, -0.2) is 39.6 Å². The number of aliphatic hydroxyl groups excluding tert-OH is 1. The van der Waals surface area contributed by atoms with E-state index in [0.29, 0.717) is 22.7 Å². The van der Waals surface area contributed by atoms with Gasteiger partial charge >= 0.3 is 0 Å².